The van der Waals surface area contributed by atoms with E-state index in [9.17, 15) is 0 Å². The van der Waals surface area contributed by atoms with E-state index in [1.807, 2.05) is 0 Å². The SMILES string of the molecule is C/C=C/C1CCC(c2ccc(C(C)c3ccc4cc(CCC)ccc4c3)cc2)CC1. The molecule has 4 rings (SSSR count). The van der Waals surface area contributed by atoms with Gasteiger partial charge in [-0.1, -0.05) is 93.1 Å². The molecule has 0 heterocycles. The minimum absolute atomic E-state index is 0.421. The van der Waals surface area contributed by atoms with Crippen LogP contribution in [-0.2, 0) is 6.42 Å². The molecule has 3 aromatic rings. The molecule has 1 fully saturated rings. The molecule has 0 saturated heterocycles. The molecule has 0 amide bonds. The van der Waals surface area contributed by atoms with Gasteiger partial charge in [0, 0.05) is 5.92 Å². The molecule has 1 atom stereocenters. The highest BCUT2D eigenvalue weighted by atomic mass is 14.3. The molecule has 3 aromatic carbocycles. The van der Waals surface area contributed by atoms with Gasteiger partial charge in [-0.15, -0.1) is 0 Å². The van der Waals surface area contributed by atoms with E-state index in [1.54, 1.807) is 0 Å². The van der Waals surface area contributed by atoms with E-state index in [2.05, 4.69) is 93.6 Å². The van der Waals surface area contributed by atoms with Gasteiger partial charge < -0.3 is 0 Å². The minimum Gasteiger partial charge on any atom is -0.0914 e. The van der Waals surface area contributed by atoms with Crippen LogP contribution in [0.25, 0.3) is 10.8 Å². The zero-order valence-electron chi connectivity index (χ0n) is 18.9. The predicted octanol–water partition coefficient (Wildman–Crippen LogP) is 8.79. The van der Waals surface area contributed by atoms with Crippen LogP contribution in [0, 0.1) is 5.92 Å². The fourth-order valence-corrected chi connectivity index (χ4v) is 5.19. The summed E-state index contributed by atoms with van der Waals surface area (Å²) in [6.07, 6.45) is 12.3. The molecule has 156 valence electrons. The first-order chi connectivity index (χ1) is 14.7. The molecule has 0 aliphatic heterocycles. The second-order valence-corrected chi connectivity index (χ2v) is 9.22. The quantitative estimate of drug-likeness (QED) is 0.365. The van der Waals surface area contributed by atoms with Gasteiger partial charge in [0.1, 0.15) is 0 Å². The Morgan fingerprint density at radius 1 is 0.833 bits per heavy atom. The summed E-state index contributed by atoms with van der Waals surface area (Å²) in [5.41, 5.74) is 5.81. The summed E-state index contributed by atoms with van der Waals surface area (Å²) in [6.45, 7) is 6.73. The van der Waals surface area contributed by atoms with Crippen LogP contribution in [-0.4, -0.2) is 0 Å². The summed E-state index contributed by atoms with van der Waals surface area (Å²) in [7, 11) is 0. The van der Waals surface area contributed by atoms with E-state index in [4.69, 9.17) is 0 Å². The van der Waals surface area contributed by atoms with Crippen molar-refractivity contribution >= 4 is 10.8 Å². The number of allylic oxidation sites excluding steroid dienone is 2. The Hall–Kier alpha value is -2.34. The van der Waals surface area contributed by atoms with Crippen LogP contribution in [0.4, 0.5) is 0 Å². The van der Waals surface area contributed by atoms with Gasteiger partial charge >= 0.3 is 0 Å². The molecule has 0 aromatic heterocycles. The first-order valence-electron chi connectivity index (χ1n) is 11.9. The number of rotatable bonds is 6. The summed E-state index contributed by atoms with van der Waals surface area (Å²) < 4.78 is 0. The van der Waals surface area contributed by atoms with Gasteiger partial charge in [-0.25, -0.2) is 0 Å². The van der Waals surface area contributed by atoms with Gasteiger partial charge in [0.25, 0.3) is 0 Å². The Balaban J connectivity index is 1.47. The number of fused-ring (bicyclic) bond motifs is 1. The molecular weight excluding hydrogens is 360 g/mol. The second-order valence-electron chi connectivity index (χ2n) is 9.22. The number of aryl methyl sites for hydroxylation is 1. The topological polar surface area (TPSA) is 0 Å². The normalized spacial score (nSPS) is 20.6. The van der Waals surface area contributed by atoms with Crippen molar-refractivity contribution in [2.24, 2.45) is 5.92 Å². The Morgan fingerprint density at radius 2 is 1.50 bits per heavy atom. The maximum absolute atomic E-state index is 2.40. The molecule has 1 aliphatic rings. The van der Waals surface area contributed by atoms with E-state index >= 15 is 0 Å². The minimum atomic E-state index is 0.421. The number of benzene rings is 3. The highest BCUT2D eigenvalue weighted by molar-refractivity contribution is 5.84. The van der Waals surface area contributed by atoms with Crippen LogP contribution < -0.4 is 0 Å². The molecule has 0 spiro atoms. The van der Waals surface area contributed by atoms with E-state index in [-0.39, 0.29) is 0 Å². The molecule has 0 N–H and O–H groups in total. The zero-order valence-corrected chi connectivity index (χ0v) is 18.9. The molecular formula is C30H36. The molecule has 1 saturated carbocycles. The van der Waals surface area contributed by atoms with Crippen molar-refractivity contribution in [2.75, 3.05) is 0 Å². The lowest BCUT2D eigenvalue weighted by molar-refractivity contribution is 0.375. The van der Waals surface area contributed by atoms with Crippen LogP contribution in [0.5, 0.6) is 0 Å². The Labute approximate surface area is 183 Å². The van der Waals surface area contributed by atoms with Gasteiger partial charge in [-0.05, 0) is 83.9 Å². The van der Waals surface area contributed by atoms with Crippen molar-refractivity contribution in [3.8, 4) is 0 Å². The maximum Gasteiger partial charge on any atom is 0.00612 e. The zero-order chi connectivity index (χ0) is 20.9. The molecule has 0 bridgehead atoms. The standard InChI is InChI=1S/C30H36/c1-4-6-23-8-11-26(12-9-23)27-16-14-25(15-17-27)22(3)28-18-19-29-20-24(7-5-2)10-13-30(29)21-28/h4,6,10,13-23,26H,5,7-9,11-12H2,1-3H3/b6-4+. The molecule has 1 unspecified atom stereocenters. The summed E-state index contributed by atoms with van der Waals surface area (Å²) in [5.74, 6) is 1.97. The first-order valence-corrected chi connectivity index (χ1v) is 11.9. The molecule has 1 aliphatic carbocycles. The largest absolute Gasteiger partial charge is 0.0914 e. The van der Waals surface area contributed by atoms with E-state index in [0.717, 1.165) is 18.3 Å². The Morgan fingerprint density at radius 3 is 2.20 bits per heavy atom. The summed E-state index contributed by atoms with van der Waals surface area (Å²) >= 11 is 0. The maximum atomic E-state index is 2.40. The lowest BCUT2D eigenvalue weighted by Gasteiger charge is -2.27. The van der Waals surface area contributed by atoms with E-state index in [1.165, 1.54) is 65.1 Å². The highest BCUT2D eigenvalue weighted by Crippen LogP contribution is 2.37. The van der Waals surface area contributed by atoms with Crippen molar-refractivity contribution in [1.29, 1.82) is 0 Å². The van der Waals surface area contributed by atoms with Crippen LogP contribution >= 0.6 is 0 Å². The average Bonchev–Trinajstić information content (AvgIpc) is 2.79. The predicted molar refractivity (Wildman–Crippen MR) is 131 cm³/mol. The van der Waals surface area contributed by atoms with Crippen LogP contribution in [0.15, 0.2) is 72.8 Å². The Kier molecular flexibility index (Phi) is 6.72. The third-order valence-corrected chi connectivity index (χ3v) is 7.11. The van der Waals surface area contributed by atoms with Crippen molar-refractivity contribution in [2.45, 2.75) is 71.1 Å². The summed E-state index contributed by atoms with van der Waals surface area (Å²) in [4.78, 5) is 0. The fraction of sp³-hybridized carbons (Fsp3) is 0.400. The van der Waals surface area contributed by atoms with Crippen molar-refractivity contribution < 1.29 is 0 Å². The van der Waals surface area contributed by atoms with Gasteiger partial charge in [0.15, 0.2) is 0 Å². The molecule has 30 heavy (non-hydrogen) atoms. The van der Waals surface area contributed by atoms with Gasteiger partial charge in [0.05, 0.1) is 0 Å². The summed E-state index contributed by atoms with van der Waals surface area (Å²) in [6, 6.07) is 23.5. The average molecular weight is 397 g/mol. The summed E-state index contributed by atoms with van der Waals surface area (Å²) in [5, 5.41) is 2.72. The van der Waals surface area contributed by atoms with Gasteiger partial charge in [-0.2, -0.15) is 0 Å². The van der Waals surface area contributed by atoms with Gasteiger partial charge in [-0.3, -0.25) is 0 Å². The lowest BCUT2D eigenvalue weighted by Crippen LogP contribution is -2.11. The Bertz CT molecular complexity index is 984. The third kappa shape index (κ3) is 4.69. The van der Waals surface area contributed by atoms with Crippen LogP contribution in [0.1, 0.15) is 87.0 Å². The van der Waals surface area contributed by atoms with Crippen LogP contribution in [0.2, 0.25) is 0 Å². The molecule has 0 radical (unpaired) electrons. The number of hydrogen-bond donors (Lipinski definition) is 0. The number of hydrogen-bond acceptors (Lipinski definition) is 0. The van der Waals surface area contributed by atoms with Crippen molar-refractivity contribution in [3.05, 3.63) is 95.1 Å². The van der Waals surface area contributed by atoms with E-state index < -0.39 is 0 Å². The third-order valence-electron chi connectivity index (χ3n) is 7.11. The highest BCUT2D eigenvalue weighted by Gasteiger charge is 2.21. The van der Waals surface area contributed by atoms with Crippen molar-refractivity contribution in [3.63, 3.8) is 0 Å². The smallest absolute Gasteiger partial charge is 0.00612 e. The second kappa shape index (κ2) is 9.65. The molecule has 0 nitrogen and oxygen atoms in total. The monoisotopic (exact) mass is 396 g/mol. The van der Waals surface area contributed by atoms with Gasteiger partial charge in [0.2, 0.25) is 0 Å². The lowest BCUT2D eigenvalue weighted by atomic mass is 9.78. The fourth-order valence-electron chi connectivity index (χ4n) is 5.19. The van der Waals surface area contributed by atoms with Crippen LogP contribution in [0.3, 0.4) is 0 Å². The van der Waals surface area contributed by atoms with Crippen molar-refractivity contribution in [1.82, 2.24) is 0 Å². The van der Waals surface area contributed by atoms with E-state index in [0.29, 0.717) is 5.92 Å². The molecule has 0 heteroatoms. The first kappa shape index (κ1) is 20.9.